The van der Waals surface area contributed by atoms with Gasteiger partial charge in [-0.3, -0.25) is 4.79 Å². The molecule has 2 aromatic rings. The minimum Gasteiger partial charge on any atom is -0.310 e. The summed E-state index contributed by atoms with van der Waals surface area (Å²) >= 11 is 5.90. The summed E-state index contributed by atoms with van der Waals surface area (Å²) in [5, 5.41) is 3.51. The van der Waals surface area contributed by atoms with Crippen molar-refractivity contribution in [2.75, 3.05) is 5.32 Å². The Balaban J connectivity index is 1.90. The Bertz CT molecular complexity index is 584. The summed E-state index contributed by atoms with van der Waals surface area (Å²) < 4.78 is 0. The van der Waals surface area contributed by atoms with Gasteiger partial charge in [-0.2, -0.15) is 0 Å². The van der Waals surface area contributed by atoms with Crippen LogP contribution in [0.3, 0.4) is 0 Å². The number of pyridine rings is 1. The molecule has 19 heavy (non-hydrogen) atoms. The Kier molecular flexibility index (Phi) is 4.53. The van der Waals surface area contributed by atoms with Crippen molar-refractivity contribution in [2.24, 2.45) is 0 Å². The van der Waals surface area contributed by atoms with Crippen LogP contribution in [0.2, 0.25) is 5.02 Å². The zero-order valence-electron chi connectivity index (χ0n) is 10.7. The van der Waals surface area contributed by atoms with Gasteiger partial charge in [-0.05, 0) is 42.7 Å². The number of nitrogens with zero attached hydrogens (tertiary/aromatic N) is 1. The number of carbonyl (C=O) groups excluding carboxylic acids is 1. The van der Waals surface area contributed by atoms with Crippen LogP contribution in [-0.4, -0.2) is 10.9 Å². The SMILES string of the molecule is Cc1cccnc1NC(=O)CCc1cccc(Cl)c1. The number of rotatable bonds is 4. The molecule has 0 aliphatic carbocycles. The highest BCUT2D eigenvalue weighted by Gasteiger charge is 2.06. The normalized spacial score (nSPS) is 10.2. The Morgan fingerprint density at radius 3 is 2.89 bits per heavy atom. The van der Waals surface area contributed by atoms with Gasteiger partial charge in [0, 0.05) is 17.6 Å². The second-order valence-electron chi connectivity index (χ2n) is 4.35. The molecule has 0 unspecified atom stereocenters. The van der Waals surface area contributed by atoms with Crippen LogP contribution in [0.15, 0.2) is 42.6 Å². The summed E-state index contributed by atoms with van der Waals surface area (Å²) in [5.41, 5.74) is 2.01. The largest absolute Gasteiger partial charge is 0.310 e. The average molecular weight is 275 g/mol. The predicted molar refractivity (Wildman–Crippen MR) is 77.4 cm³/mol. The van der Waals surface area contributed by atoms with E-state index in [9.17, 15) is 4.79 Å². The molecule has 0 aliphatic rings. The molecule has 0 bridgehead atoms. The van der Waals surface area contributed by atoms with Crippen molar-refractivity contribution in [3.8, 4) is 0 Å². The number of carbonyl (C=O) groups is 1. The summed E-state index contributed by atoms with van der Waals surface area (Å²) in [6, 6.07) is 11.3. The summed E-state index contributed by atoms with van der Waals surface area (Å²) in [7, 11) is 0. The number of aromatic nitrogens is 1. The smallest absolute Gasteiger partial charge is 0.225 e. The maximum atomic E-state index is 11.8. The van der Waals surface area contributed by atoms with Gasteiger partial charge in [0.2, 0.25) is 5.91 Å². The molecule has 1 aromatic heterocycles. The van der Waals surface area contributed by atoms with Gasteiger partial charge in [0.15, 0.2) is 0 Å². The molecule has 2 rings (SSSR count). The lowest BCUT2D eigenvalue weighted by molar-refractivity contribution is -0.116. The minimum absolute atomic E-state index is 0.0400. The number of hydrogen-bond acceptors (Lipinski definition) is 2. The van der Waals surface area contributed by atoms with Crippen LogP contribution in [0.4, 0.5) is 5.82 Å². The summed E-state index contributed by atoms with van der Waals surface area (Å²) in [6.45, 7) is 1.92. The molecule has 98 valence electrons. The molecule has 0 aliphatic heterocycles. The number of nitrogens with one attached hydrogen (secondary N) is 1. The molecular weight excluding hydrogens is 260 g/mol. The van der Waals surface area contributed by atoms with E-state index in [0.717, 1.165) is 11.1 Å². The van der Waals surface area contributed by atoms with Gasteiger partial charge in [-0.25, -0.2) is 4.98 Å². The zero-order chi connectivity index (χ0) is 13.7. The highest BCUT2D eigenvalue weighted by Crippen LogP contribution is 2.13. The maximum absolute atomic E-state index is 11.8. The van der Waals surface area contributed by atoms with Crippen LogP contribution in [0.25, 0.3) is 0 Å². The molecule has 0 spiro atoms. The number of hydrogen-bond donors (Lipinski definition) is 1. The fourth-order valence-electron chi connectivity index (χ4n) is 1.76. The molecule has 4 heteroatoms. The molecule has 1 aromatic carbocycles. The van der Waals surface area contributed by atoms with Crippen molar-refractivity contribution in [3.63, 3.8) is 0 Å². The molecule has 0 atom stereocenters. The van der Waals surface area contributed by atoms with E-state index < -0.39 is 0 Å². The molecule has 0 saturated carbocycles. The zero-order valence-corrected chi connectivity index (χ0v) is 11.4. The van der Waals surface area contributed by atoms with Crippen molar-refractivity contribution in [1.29, 1.82) is 0 Å². The average Bonchev–Trinajstić information content (AvgIpc) is 2.39. The molecular formula is C15H15ClN2O. The van der Waals surface area contributed by atoms with Crippen LogP contribution in [0.5, 0.6) is 0 Å². The van der Waals surface area contributed by atoms with Gasteiger partial charge < -0.3 is 5.32 Å². The second kappa shape index (κ2) is 6.34. The lowest BCUT2D eigenvalue weighted by Gasteiger charge is -2.07. The van der Waals surface area contributed by atoms with Crippen molar-refractivity contribution < 1.29 is 4.79 Å². The van der Waals surface area contributed by atoms with Gasteiger partial charge in [-0.15, -0.1) is 0 Å². The number of benzene rings is 1. The van der Waals surface area contributed by atoms with Gasteiger partial charge in [0.25, 0.3) is 0 Å². The standard InChI is InChI=1S/C15H15ClN2O/c1-11-4-3-9-17-15(11)18-14(19)8-7-12-5-2-6-13(16)10-12/h2-6,9-10H,7-8H2,1H3,(H,17,18,19). The van der Waals surface area contributed by atoms with Crippen LogP contribution in [-0.2, 0) is 11.2 Å². The van der Waals surface area contributed by atoms with Crippen LogP contribution in [0.1, 0.15) is 17.5 Å². The van der Waals surface area contributed by atoms with Gasteiger partial charge in [-0.1, -0.05) is 29.8 Å². The molecule has 0 saturated heterocycles. The fourth-order valence-corrected chi connectivity index (χ4v) is 1.97. The third kappa shape index (κ3) is 4.07. The van der Waals surface area contributed by atoms with Gasteiger partial charge in [0.05, 0.1) is 0 Å². The van der Waals surface area contributed by atoms with Crippen LogP contribution in [0, 0.1) is 6.92 Å². The molecule has 3 nitrogen and oxygen atoms in total. The molecule has 1 heterocycles. The van der Waals surface area contributed by atoms with E-state index in [1.54, 1.807) is 6.20 Å². The number of amides is 1. The van der Waals surface area contributed by atoms with E-state index in [1.165, 1.54) is 0 Å². The first-order valence-corrected chi connectivity index (χ1v) is 6.49. The van der Waals surface area contributed by atoms with E-state index in [-0.39, 0.29) is 5.91 Å². The van der Waals surface area contributed by atoms with E-state index >= 15 is 0 Å². The number of anilines is 1. The minimum atomic E-state index is -0.0400. The molecule has 0 radical (unpaired) electrons. The van der Waals surface area contributed by atoms with E-state index in [4.69, 9.17) is 11.6 Å². The highest BCUT2D eigenvalue weighted by atomic mass is 35.5. The topological polar surface area (TPSA) is 42.0 Å². The predicted octanol–water partition coefficient (Wildman–Crippen LogP) is 3.61. The van der Waals surface area contributed by atoms with Gasteiger partial charge in [0.1, 0.15) is 5.82 Å². The van der Waals surface area contributed by atoms with E-state index in [1.807, 2.05) is 43.3 Å². The summed E-state index contributed by atoms with van der Waals surface area (Å²) in [5.74, 6) is 0.584. The number of halogens is 1. The lowest BCUT2D eigenvalue weighted by Crippen LogP contribution is -2.14. The Morgan fingerprint density at radius 1 is 1.32 bits per heavy atom. The Labute approximate surface area is 117 Å². The van der Waals surface area contributed by atoms with Crippen molar-refractivity contribution in [3.05, 3.63) is 58.7 Å². The Hall–Kier alpha value is -1.87. The lowest BCUT2D eigenvalue weighted by atomic mass is 10.1. The first kappa shape index (κ1) is 13.6. The first-order chi connectivity index (χ1) is 9.15. The monoisotopic (exact) mass is 274 g/mol. The summed E-state index contributed by atoms with van der Waals surface area (Å²) in [6.07, 6.45) is 2.74. The maximum Gasteiger partial charge on any atom is 0.225 e. The van der Waals surface area contributed by atoms with Crippen LogP contribution >= 0.6 is 11.6 Å². The third-order valence-electron chi connectivity index (χ3n) is 2.80. The molecule has 0 fully saturated rings. The first-order valence-electron chi connectivity index (χ1n) is 6.11. The quantitative estimate of drug-likeness (QED) is 0.925. The van der Waals surface area contributed by atoms with Crippen molar-refractivity contribution >= 4 is 23.3 Å². The fraction of sp³-hybridized carbons (Fsp3) is 0.200. The number of aryl methyl sites for hydroxylation is 2. The van der Waals surface area contributed by atoms with Crippen molar-refractivity contribution in [2.45, 2.75) is 19.8 Å². The second-order valence-corrected chi connectivity index (χ2v) is 4.78. The molecule has 1 amide bonds. The molecule has 1 N–H and O–H groups in total. The Morgan fingerprint density at radius 2 is 2.16 bits per heavy atom. The van der Waals surface area contributed by atoms with E-state index in [0.29, 0.717) is 23.7 Å². The summed E-state index contributed by atoms with van der Waals surface area (Å²) in [4.78, 5) is 16.0. The van der Waals surface area contributed by atoms with Gasteiger partial charge >= 0.3 is 0 Å². The van der Waals surface area contributed by atoms with E-state index in [2.05, 4.69) is 10.3 Å². The van der Waals surface area contributed by atoms with Crippen LogP contribution < -0.4 is 5.32 Å². The highest BCUT2D eigenvalue weighted by molar-refractivity contribution is 6.30. The third-order valence-corrected chi connectivity index (χ3v) is 3.03. The van der Waals surface area contributed by atoms with Crippen molar-refractivity contribution in [1.82, 2.24) is 4.98 Å².